The SMILES string of the molecule is OC1(c2occc2Br)CCc2cc(F)ccc21. The van der Waals surface area contributed by atoms with Gasteiger partial charge in [-0.25, -0.2) is 4.39 Å². The molecule has 3 rings (SSSR count). The minimum Gasteiger partial charge on any atom is -0.465 e. The predicted octanol–water partition coefficient (Wildman–Crippen LogP) is 3.36. The first-order chi connectivity index (χ1) is 8.11. The maximum atomic E-state index is 13.1. The van der Waals surface area contributed by atoms with E-state index < -0.39 is 5.60 Å². The highest BCUT2D eigenvalue weighted by atomic mass is 79.9. The molecule has 1 aliphatic rings. The van der Waals surface area contributed by atoms with Gasteiger partial charge in [0.25, 0.3) is 0 Å². The van der Waals surface area contributed by atoms with Gasteiger partial charge in [0, 0.05) is 0 Å². The molecule has 0 aliphatic heterocycles. The Balaban J connectivity index is 2.17. The van der Waals surface area contributed by atoms with Crippen LogP contribution >= 0.6 is 15.9 Å². The summed E-state index contributed by atoms with van der Waals surface area (Å²) in [4.78, 5) is 0. The van der Waals surface area contributed by atoms with E-state index in [1.165, 1.54) is 18.4 Å². The molecular formula is C13H10BrFO2. The number of hydrogen-bond donors (Lipinski definition) is 1. The van der Waals surface area contributed by atoms with Crippen molar-refractivity contribution in [1.82, 2.24) is 0 Å². The van der Waals surface area contributed by atoms with Gasteiger partial charge in [-0.2, -0.15) is 0 Å². The number of fused-ring (bicyclic) bond motifs is 1. The van der Waals surface area contributed by atoms with Gasteiger partial charge in [0.15, 0.2) is 5.76 Å². The van der Waals surface area contributed by atoms with Crippen LogP contribution < -0.4 is 0 Å². The molecule has 1 aromatic heterocycles. The molecule has 0 spiro atoms. The molecule has 0 radical (unpaired) electrons. The van der Waals surface area contributed by atoms with Crippen LogP contribution in [0.4, 0.5) is 4.39 Å². The molecule has 2 aromatic rings. The molecule has 0 fully saturated rings. The largest absolute Gasteiger partial charge is 0.465 e. The number of hydrogen-bond acceptors (Lipinski definition) is 2. The lowest BCUT2D eigenvalue weighted by atomic mass is 9.93. The predicted molar refractivity (Wildman–Crippen MR) is 64.1 cm³/mol. The average molecular weight is 297 g/mol. The van der Waals surface area contributed by atoms with Crippen molar-refractivity contribution >= 4 is 15.9 Å². The molecule has 0 saturated carbocycles. The van der Waals surface area contributed by atoms with Crippen molar-refractivity contribution in [1.29, 1.82) is 0 Å². The number of furan rings is 1. The van der Waals surface area contributed by atoms with Crippen LogP contribution in [0.3, 0.4) is 0 Å². The van der Waals surface area contributed by atoms with E-state index in [1.54, 1.807) is 12.1 Å². The van der Waals surface area contributed by atoms with Crippen LogP contribution in [-0.2, 0) is 12.0 Å². The number of aryl methyl sites for hydroxylation is 1. The third-order valence-electron chi connectivity index (χ3n) is 3.26. The van der Waals surface area contributed by atoms with E-state index in [0.717, 1.165) is 15.6 Å². The lowest BCUT2D eigenvalue weighted by molar-refractivity contribution is 0.0578. The highest BCUT2D eigenvalue weighted by Crippen LogP contribution is 2.44. The van der Waals surface area contributed by atoms with Gasteiger partial charge in [0.2, 0.25) is 0 Å². The standard InChI is InChI=1S/C13H10BrFO2/c14-11-4-6-17-12(11)13(16)5-3-8-7-9(15)1-2-10(8)13/h1-2,4,6-7,16H,3,5H2. The maximum Gasteiger partial charge on any atom is 0.154 e. The molecule has 17 heavy (non-hydrogen) atoms. The van der Waals surface area contributed by atoms with Gasteiger partial charge in [-0.15, -0.1) is 0 Å². The van der Waals surface area contributed by atoms with Crippen LogP contribution in [0.25, 0.3) is 0 Å². The lowest BCUT2D eigenvalue weighted by Crippen LogP contribution is -2.23. The Morgan fingerprint density at radius 3 is 2.88 bits per heavy atom. The van der Waals surface area contributed by atoms with Gasteiger partial charge < -0.3 is 9.52 Å². The van der Waals surface area contributed by atoms with Gasteiger partial charge in [0.1, 0.15) is 11.4 Å². The quantitative estimate of drug-likeness (QED) is 0.875. The van der Waals surface area contributed by atoms with E-state index in [9.17, 15) is 9.50 Å². The molecule has 88 valence electrons. The molecule has 2 nitrogen and oxygen atoms in total. The molecule has 1 heterocycles. The van der Waals surface area contributed by atoms with Gasteiger partial charge in [0.05, 0.1) is 10.7 Å². The first-order valence-electron chi connectivity index (χ1n) is 5.36. The molecule has 0 amide bonds. The zero-order chi connectivity index (χ0) is 12.0. The minimum absolute atomic E-state index is 0.272. The summed E-state index contributed by atoms with van der Waals surface area (Å²) in [5.41, 5.74) is 0.427. The van der Waals surface area contributed by atoms with E-state index in [0.29, 0.717) is 18.6 Å². The smallest absolute Gasteiger partial charge is 0.154 e. The summed E-state index contributed by atoms with van der Waals surface area (Å²) in [5, 5.41) is 10.7. The summed E-state index contributed by atoms with van der Waals surface area (Å²) in [6.45, 7) is 0. The van der Waals surface area contributed by atoms with E-state index >= 15 is 0 Å². The lowest BCUT2D eigenvalue weighted by Gasteiger charge is -2.22. The van der Waals surface area contributed by atoms with Crippen molar-refractivity contribution in [2.75, 3.05) is 0 Å². The summed E-state index contributed by atoms with van der Waals surface area (Å²) in [6, 6.07) is 6.22. The van der Waals surface area contributed by atoms with Crippen LogP contribution in [0.5, 0.6) is 0 Å². The average Bonchev–Trinajstić information content (AvgIpc) is 2.85. The van der Waals surface area contributed by atoms with E-state index in [4.69, 9.17) is 4.42 Å². The topological polar surface area (TPSA) is 33.4 Å². The molecule has 1 unspecified atom stereocenters. The van der Waals surface area contributed by atoms with Crippen LogP contribution in [0.1, 0.15) is 23.3 Å². The van der Waals surface area contributed by atoms with E-state index in [1.807, 2.05) is 0 Å². The first-order valence-corrected chi connectivity index (χ1v) is 6.15. The summed E-state index contributed by atoms with van der Waals surface area (Å²) in [7, 11) is 0. The monoisotopic (exact) mass is 296 g/mol. The number of rotatable bonds is 1. The second kappa shape index (κ2) is 3.68. The molecule has 1 N–H and O–H groups in total. The molecule has 1 aliphatic carbocycles. The van der Waals surface area contributed by atoms with Crippen LogP contribution in [0.2, 0.25) is 0 Å². The summed E-state index contributed by atoms with van der Waals surface area (Å²) >= 11 is 3.35. The normalized spacial score (nSPS) is 22.8. The number of aliphatic hydroxyl groups is 1. The Morgan fingerprint density at radius 1 is 1.35 bits per heavy atom. The summed E-state index contributed by atoms with van der Waals surface area (Å²) < 4.78 is 19.2. The second-order valence-electron chi connectivity index (χ2n) is 4.26. The van der Waals surface area contributed by atoms with Gasteiger partial charge in [-0.3, -0.25) is 0 Å². The molecule has 1 aromatic carbocycles. The van der Waals surface area contributed by atoms with Gasteiger partial charge >= 0.3 is 0 Å². The Kier molecular flexibility index (Phi) is 2.38. The van der Waals surface area contributed by atoms with Crippen LogP contribution in [-0.4, -0.2) is 5.11 Å². The molecule has 4 heteroatoms. The highest BCUT2D eigenvalue weighted by Gasteiger charge is 2.42. The zero-order valence-electron chi connectivity index (χ0n) is 8.91. The zero-order valence-corrected chi connectivity index (χ0v) is 10.5. The Morgan fingerprint density at radius 2 is 2.18 bits per heavy atom. The van der Waals surface area contributed by atoms with Crippen molar-refractivity contribution in [2.24, 2.45) is 0 Å². The van der Waals surface area contributed by atoms with Crippen LogP contribution in [0, 0.1) is 5.82 Å². The fraction of sp³-hybridized carbons (Fsp3) is 0.231. The minimum atomic E-state index is -1.15. The molecular weight excluding hydrogens is 287 g/mol. The summed E-state index contributed by atoms with van der Waals surface area (Å²) in [5.74, 6) is 0.217. The molecule has 1 atom stereocenters. The Labute approximate surface area is 106 Å². The summed E-state index contributed by atoms with van der Waals surface area (Å²) in [6.07, 6.45) is 2.69. The number of halogens is 2. The number of benzene rings is 1. The fourth-order valence-corrected chi connectivity index (χ4v) is 2.98. The maximum absolute atomic E-state index is 13.1. The van der Waals surface area contributed by atoms with Crippen molar-refractivity contribution in [3.63, 3.8) is 0 Å². The molecule has 0 bridgehead atoms. The van der Waals surface area contributed by atoms with Crippen molar-refractivity contribution in [3.8, 4) is 0 Å². The first kappa shape index (κ1) is 11.0. The van der Waals surface area contributed by atoms with Gasteiger partial charge in [-0.1, -0.05) is 6.07 Å². The Bertz CT molecular complexity index is 579. The third kappa shape index (κ3) is 1.55. The Hall–Kier alpha value is -1.13. The second-order valence-corrected chi connectivity index (χ2v) is 5.11. The highest BCUT2D eigenvalue weighted by molar-refractivity contribution is 9.10. The van der Waals surface area contributed by atoms with E-state index in [2.05, 4.69) is 15.9 Å². The molecule has 0 saturated heterocycles. The third-order valence-corrected chi connectivity index (χ3v) is 3.89. The fourth-order valence-electron chi connectivity index (χ4n) is 2.45. The van der Waals surface area contributed by atoms with Crippen molar-refractivity contribution in [2.45, 2.75) is 18.4 Å². The van der Waals surface area contributed by atoms with E-state index in [-0.39, 0.29) is 5.82 Å². The van der Waals surface area contributed by atoms with Gasteiger partial charge in [-0.05, 0) is 58.1 Å². The van der Waals surface area contributed by atoms with Crippen molar-refractivity contribution < 1.29 is 13.9 Å². The van der Waals surface area contributed by atoms with Crippen molar-refractivity contribution in [3.05, 3.63) is 57.7 Å². The van der Waals surface area contributed by atoms with Crippen LogP contribution in [0.15, 0.2) is 39.4 Å².